The summed E-state index contributed by atoms with van der Waals surface area (Å²) in [5, 5.41) is -0.274. The fourth-order valence-corrected chi connectivity index (χ4v) is 1.83. The number of pyridine rings is 1. The summed E-state index contributed by atoms with van der Waals surface area (Å²) >= 11 is 5.56. The maximum atomic E-state index is 13.7. The molecule has 0 saturated carbocycles. The molecule has 1 aromatic rings. The van der Waals surface area contributed by atoms with Gasteiger partial charge in [0.1, 0.15) is 11.7 Å². The third-order valence-electron chi connectivity index (χ3n) is 2.66. The van der Waals surface area contributed by atoms with Crippen LogP contribution < -0.4 is 0 Å². The van der Waals surface area contributed by atoms with Crippen LogP contribution in [0.4, 0.5) is 4.39 Å². The van der Waals surface area contributed by atoms with Crippen molar-refractivity contribution in [2.75, 3.05) is 6.61 Å². The van der Waals surface area contributed by atoms with Crippen molar-refractivity contribution < 1.29 is 18.7 Å². The summed E-state index contributed by atoms with van der Waals surface area (Å²) in [7, 11) is 0. The lowest BCUT2D eigenvalue weighted by Gasteiger charge is -2.14. The number of aromatic nitrogens is 1. The number of carbonyl (C=O) groups excluding carboxylic acids is 2. The van der Waals surface area contributed by atoms with Crippen LogP contribution in [0.1, 0.15) is 25.8 Å². The van der Waals surface area contributed by atoms with E-state index >= 15 is 0 Å². The molecule has 1 unspecified atom stereocenters. The van der Waals surface area contributed by atoms with E-state index in [2.05, 4.69) is 4.98 Å². The highest BCUT2D eigenvalue weighted by atomic mass is 35.5. The Morgan fingerprint density at radius 2 is 2.16 bits per heavy atom. The maximum Gasteiger partial charge on any atom is 0.316 e. The Kier molecular flexibility index (Phi) is 5.89. The van der Waals surface area contributed by atoms with E-state index in [1.54, 1.807) is 13.8 Å². The van der Waals surface area contributed by atoms with E-state index in [1.807, 2.05) is 0 Å². The monoisotopic (exact) mass is 287 g/mol. The van der Waals surface area contributed by atoms with E-state index in [-0.39, 0.29) is 35.9 Å². The molecule has 0 fully saturated rings. The Labute approximate surface area is 115 Å². The third kappa shape index (κ3) is 3.99. The van der Waals surface area contributed by atoms with Crippen molar-refractivity contribution in [1.29, 1.82) is 0 Å². The van der Waals surface area contributed by atoms with Crippen LogP contribution in [-0.4, -0.2) is 23.3 Å². The standard InChI is InChI=1S/C13H15ClFNO3/c1-3-10(17)9(13(18)19-4-2)7-8-5-6-16-12(14)11(8)15/h5-6,9H,3-4,7H2,1-2H3. The molecule has 19 heavy (non-hydrogen) atoms. The number of hydrogen-bond acceptors (Lipinski definition) is 4. The van der Waals surface area contributed by atoms with E-state index in [4.69, 9.17) is 16.3 Å². The Morgan fingerprint density at radius 1 is 1.47 bits per heavy atom. The van der Waals surface area contributed by atoms with Crippen molar-refractivity contribution >= 4 is 23.4 Å². The van der Waals surface area contributed by atoms with Gasteiger partial charge in [0.15, 0.2) is 11.0 Å². The molecule has 1 heterocycles. The summed E-state index contributed by atoms with van der Waals surface area (Å²) in [5.41, 5.74) is 0.180. The Bertz CT molecular complexity index is 479. The van der Waals surface area contributed by atoms with Gasteiger partial charge in [0, 0.05) is 12.6 Å². The van der Waals surface area contributed by atoms with Gasteiger partial charge in [-0.25, -0.2) is 9.37 Å². The molecule has 0 saturated heterocycles. The second-order valence-electron chi connectivity index (χ2n) is 3.90. The zero-order valence-electron chi connectivity index (χ0n) is 10.8. The lowest BCUT2D eigenvalue weighted by atomic mass is 9.94. The molecule has 0 bridgehead atoms. The van der Waals surface area contributed by atoms with E-state index in [9.17, 15) is 14.0 Å². The summed E-state index contributed by atoms with van der Waals surface area (Å²) in [6.07, 6.45) is 1.45. The molecular weight excluding hydrogens is 273 g/mol. The average Bonchev–Trinajstić information content (AvgIpc) is 2.39. The van der Waals surface area contributed by atoms with Crippen molar-refractivity contribution in [3.05, 3.63) is 28.8 Å². The Morgan fingerprint density at radius 3 is 2.74 bits per heavy atom. The largest absolute Gasteiger partial charge is 0.465 e. The predicted octanol–water partition coefficient (Wildman–Crippen LogP) is 2.58. The molecule has 1 aromatic heterocycles. The highest BCUT2D eigenvalue weighted by Crippen LogP contribution is 2.20. The molecule has 1 rings (SSSR count). The van der Waals surface area contributed by atoms with Crippen LogP contribution in [0.2, 0.25) is 5.15 Å². The molecule has 6 heteroatoms. The maximum absolute atomic E-state index is 13.7. The first-order valence-electron chi connectivity index (χ1n) is 5.99. The number of Topliss-reactive ketones (excluding diaryl/α,β-unsaturated/α-hetero) is 1. The number of hydrogen-bond donors (Lipinski definition) is 0. The van der Waals surface area contributed by atoms with Crippen LogP contribution in [0, 0.1) is 11.7 Å². The number of ether oxygens (including phenoxy) is 1. The fourth-order valence-electron chi connectivity index (χ4n) is 1.65. The van der Waals surface area contributed by atoms with Gasteiger partial charge in [0.05, 0.1) is 6.61 Å². The van der Waals surface area contributed by atoms with E-state index in [1.165, 1.54) is 12.3 Å². The van der Waals surface area contributed by atoms with E-state index in [0.717, 1.165) is 0 Å². The van der Waals surface area contributed by atoms with Crippen molar-refractivity contribution in [3.8, 4) is 0 Å². The molecular formula is C13H15ClFNO3. The number of esters is 1. The summed E-state index contributed by atoms with van der Waals surface area (Å²) < 4.78 is 18.6. The first-order valence-corrected chi connectivity index (χ1v) is 6.37. The molecule has 104 valence electrons. The summed E-state index contributed by atoms with van der Waals surface area (Å²) in [5.74, 6) is -2.63. The first kappa shape index (κ1) is 15.6. The molecule has 0 radical (unpaired) electrons. The molecule has 0 aliphatic carbocycles. The zero-order valence-corrected chi connectivity index (χ0v) is 11.5. The number of halogens is 2. The molecule has 0 aliphatic heterocycles. The lowest BCUT2D eigenvalue weighted by Crippen LogP contribution is -2.28. The van der Waals surface area contributed by atoms with Crippen molar-refractivity contribution in [2.24, 2.45) is 5.92 Å². The number of nitrogens with zero attached hydrogens (tertiary/aromatic N) is 1. The van der Waals surface area contributed by atoms with Gasteiger partial charge in [-0.3, -0.25) is 9.59 Å². The second kappa shape index (κ2) is 7.19. The first-order chi connectivity index (χ1) is 9.01. The second-order valence-corrected chi connectivity index (χ2v) is 4.26. The minimum Gasteiger partial charge on any atom is -0.465 e. The Balaban J connectivity index is 2.97. The third-order valence-corrected chi connectivity index (χ3v) is 2.92. The van der Waals surface area contributed by atoms with E-state index < -0.39 is 17.7 Å². The number of ketones is 1. The summed E-state index contributed by atoms with van der Waals surface area (Å²) in [6.45, 7) is 3.46. The van der Waals surface area contributed by atoms with Crippen molar-refractivity contribution in [3.63, 3.8) is 0 Å². The molecule has 1 atom stereocenters. The van der Waals surface area contributed by atoms with Crippen molar-refractivity contribution in [1.82, 2.24) is 4.98 Å². The SMILES string of the molecule is CCOC(=O)C(Cc1ccnc(Cl)c1F)C(=O)CC. The molecule has 4 nitrogen and oxygen atoms in total. The highest BCUT2D eigenvalue weighted by molar-refractivity contribution is 6.29. The number of rotatable bonds is 6. The molecule has 0 aliphatic rings. The van der Waals surface area contributed by atoms with Crippen LogP contribution >= 0.6 is 11.6 Å². The van der Waals surface area contributed by atoms with Crippen LogP contribution in [0.3, 0.4) is 0 Å². The van der Waals surface area contributed by atoms with Gasteiger partial charge in [-0.05, 0) is 25.0 Å². The highest BCUT2D eigenvalue weighted by Gasteiger charge is 2.28. The van der Waals surface area contributed by atoms with Gasteiger partial charge in [-0.1, -0.05) is 18.5 Å². The van der Waals surface area contributed by atoms with Gasteiger partial charge in [0.25, 0.3) is 0 Å². The smallest absolute Gasteiger partial charge is 0.316 e. The van der Waals surface area contributed by atoms with Crippen LogP contribution in [0.5, 0.6) is 0 Å². The fraction of sp³-hybridized carbons (Fsp3) is 0.462. The minimum atomic E-state index is -1.00. The van der Waals surface area contributed by atoms with E-state index in [0.29, 0.717) is 0 Å². The minimum absolute atomic E-state index is 0.0699. The van der Waals surface area contributed by atoms with Gasteiger partial charge in [-0.2, -0.15) is 0 Å². The average molecular weight is 288 g/mol. The normalized spacial score (nSPS) is 12.0. The molecule has 0 N–H and O–H groups in total. The van der Waals surface area contributed by atoms with Gasteiger partial charge in [-0.15, -0.1) is 0 Å². The summed E-state index contributed by atoms with van der Waals surface area (Å²) in [4.78, 5) is 27.1. The quantitative estimate of drug-likeness (QED) is 0.458. The lowest BCUT2D eigenvalue weighted by molar-refractivity contribution is -0.151. The summed E-state index contributed by atoms with van der Waals surface area (Å²) in [6, 6.07) is 1.40. The van der Waals surface area contributed by atoms with Crippen LogP contribution in [0.15, 0.2) is 12.3 Å². The van der Waals surface area contributed by atoms with Crippen LogP contribution in [-0.2, 0) is 20.7 Å². The number of carbonyl (C=O) groups is 2. The van der Waals surface area contributed by atoms with Gasteiger partial charge >= 0.3 is 5.97 Å². The topological polar surface area (TPSA) is 56.3 Å². The molecule has 0 amide bonds. The van der Waals surface area contributed by atoms with Crippen molar-refractivity contribution in [2.45, 2.75) is 26.7 Å². The Hall–Kier alpha value is -1.49. The zero-order chi connectivity index (χ0) is 14.4. The molecule has 0 aromatic carbocycles. The van der Waals surface area contributed by atoms with Gasteiger partial charge in [0.2, 0.25) is 0 Å². The van der Waals surface area contributed by atoms with Gasteiger partial charge < -0.3 is 4.74 Å². The predicted molar refractivity (Wildman–Crippen MR) is 68.3 cm³/mol. The van der Waals surface area contributed by atoms with Crippen LogP contribution in [0.25, 0.3) is 0 Å². The molecule has 0 spiro atoms.